The van der Waals surface area contributed by atoms with Crippen LogP contribution in [0.5, 0.6) is 0 Å². The Balaban J connectivity index is 1.99. The molecule has 2 N–H and O–H groups in total. The summed E-state index contributed by atoms with van der Waals surface area (Å²) in [5.74, 6) is -0.839. The van der Waals surface area contributed by atoms with Crippen LogP contribution in [-0.2, 0) is 14.4 Å². The van der Waals surface area contributed by atoms with Gasteiger partial charge in [0, 0.05) is 13.0 Å². The number of hydrogen-bond acceptors (Lipinski definition) is 5. The van der Waals surface area contributed by atoms with Gasteiger partial charge in [0.05, 0.1) is 17.7 Å². The average molecular weight is 274 g/mol. The van der Waals surface area contributed by atoms with E-state index in [1.807, 2.05) is 0 Å². The van der Waals surface area contributed by atoms with E-state index in [0.29, 0.717) is 11.6 Å². The SMILES string of the molecule is O=C(O)[C@@H]1CC(O)CN1C(=O)CN1CSCC1=O. The van der Waals surface area contributed by atoms with Gasteiger partial charge in [-0.2, -0.15) is 0 Å². The normalized spacial score (nSPS) is 27.9. The molecule has 2 fully saturated rings. The summed E-state index contributed by atoms with van der Waals surface area (Å²) in [5.41, 5.74) is 0. The second-order valence-corrected chi connectivity index (χ2v) is 5.31. The molecule has 0 aromatic heterocycles. The number of carbonyl (C=O) groups excluding carboxylic acids is 2. The fraction of sp³-hybridized carbons (Fsp3) is 0.700. The van der Waals surface area contributed by atoms with Crippen LogP contribution in [0.15, 0.2) is 0 Å². The van der Waals surface area contributed by atoms with Crippen molar-refractivity contribution in [2.24, 2.45) is 0 Å². The quantitative estimate of drug-likeness (QED) is 0.654. The Bertz CT molecular complexity index is 388. The van der Waals surface area contributed by atoms with Gasteiger partial charge in [-0.3, -0.25) is 9.59 Å². The van der Waals surface area contributed by atoms with Crippen molar-refractivity contribution in [3.8, 4) is 0 Å². The van der Waals surface area contributed by atoms with E-state index >= 15 is 0 Å². The van der Waals surface area contributed by atoms with Gasteiger partial charge >= 0.3 is 5.97 Å². The lowest BCUT2D eigenvalue weighted by Crippen LogP contribution is -2.46. The van der Waals surface area contributed by atoms with Gasteiger partial charge in [-0.15, -0.1) is 11.8 Å². The molecule has 2 saturated heterocycles. The summed E-state index contributed by atoms with van der Waals surface area (Å²) < 4.78 is 0. The number of β-amino-alcohol motifs (C(OH)–C–C–N with tert-alkyl or cyclic N) is 1. The number of carboxylic acid groups (broad SMARTS) is 1. The van der Waals surface area contributed by atoms with E-state index in [2.05, 4.69) is 0 Å². The van der Waals surface area contributed by atoms with Gasteiger partial charge in [0.1, 0.15) is 12.6 Å². The van der Waals surface area contributed by atoms with E-state index < -0.39 is 24.0 Å². The number of hydrogen-bond donors (Lipinski definition) is 2. The van der Waals surface area contributed by atoms with Gasteiger partial charge in [0.2, 0.25) is 11.8 Å². The number of aliphatic hydroxyl groups is 1. The van der Waals surface area contributed by atoms with Gasteiger partial charge < -0.3 is 20.0 Å². The molecule has 0 aliphatic carbocycles. The highest BCUT2D eigenvalue weighted by Crippen LogP contribution is 2.20. The topological polar surface area (TPSA) is 98.2 Å². The van der Waals surface area contributed by atoms with Crippen LogP contribution in [0.3, 0.4) is 0 Å². The molecule has 1 unspecified atom stereocenters. The minimum atomic E-state index is -1.12. The molecule has 7 nitrogen and oxygen atoms in total. The number of carboxylic acids is 1. The monoisotopic (exact) mass is 274 g/mol. The van der Waals surface area contributed by atoms with Gasteiger partial charge in [-0.25, -0.2) is 4.79 Å². The number of nitrogens with zero attached hydrogens (tertiary/aromatic N) is 2. The van der Waals surface area contributed by atoms with Gasteiger partial charge in [0.15, 0.2) is 0 Å². The molecule has 0 aromatic carbocycles. The molecule has 0 radical (unpaired) electrons. The summed E-state index contributed by atoms with van der Waals surface area (Å²) in [4.78, 5) is 36.8. The van der Waals surface area contributed by atoms with Crippen molar-refractivity contribution in [3.63, 3.8) is 0 Å². The molecule has 0 spiro atoms. The molecule has 2 rings (SSSR count). The first-order valence-electron chi connectivity index (χ1n) is 5.55. The molecule has 8 heteroatoms. The Hall–Kier alpha value is -1.28. The predicted octanol–water partition coefficient (Wildman–Crippen LogP) is -1.43. The van der Waals surface area contributed by atoms with Crippen molar-refractivity contribution in [2.45, 2.75) is 18.6 Å². The number of thioether (sulfide) groups is 1. The molecule has 2 amide bonds. The van der Waals surface area contributed by atoms with E-state index in [1.165, 1.54) is 16.7 Å². The fourth-order valence-electron chi connectivity index (χ4n) is 2.12. The second-order valence-electron chi connectivity index (χ2n) is 4.36. The maximum atomic E-state index is 12.0. The van der Waals surface area contributed by atoms with E-state index in [0.717, 1.165) is 4.90 Å². The molecule has 2 heterocycles. The van der Waals surface area contributed by atoms with Crippen molar-refractivity contribution in [3.05, 3.63) is 0 Å². The van der Waals surface area contributed by atoms with Crippen LogP contribution in [-0.4, -0.2) is 74.7 Å². The fourth-order valence-corrected chi connectivity index (χ4v) is 3.02. The molecular weight excluding hydrogens is 260 g/mol. The van der Waals surface area contributed by atoms with Crippen LogP contribution in [0.25, 0.3) is 0 Å². The third-order valence-corrected chi connectivity index (χ3v) is 3.98. The lowest BCUT2D eigenvalue weighted by atomic mass is 10.2. The van der Waals surface area contributed by atoms with Crippen LogP contribution in [0.2, 0.25) is 0 Å². The number of aliphatic carboxylic acids is 1. The molecule has 2 aliphatic heterocycles. The summed E-state index contributed by atoms with van der Waals surface area (Å²) in [5, 5.41) is 18.4. The first-order valence-corrected chi connectivity index (χ1v) is 6.70. The van der Waals surface area contributed by atoms with E-state index in [-0.39, 0.29) is 25.4 Å². The van der Waals surface area contributed by atoms with Gasteiger partial charge in [0.25, 0.3) is 0 Å². The van der Waals surface area contributed by atoms with Crippen molar-refractivity contribution in [1.82, 2.24) is 9.80 Å². The lowest BCUT2D eigenvalue weighted by Gasteiger charge is -2.24. The van der Waals surface area contributed by atoms with Crippen LogP contribution < -0.4 is 0 Å². The molecule has 0 bridgehead atoms. The number of amides is 2. The molecule has 0 saturated carbocycles. The Kier molecular flexibility index (Phi) is 3.76. The highest BCUT2D eigenvalue weighted by molar-refractivity contribution is 8.00. The third kappa shape index (κ3) is 2.59. The standard InChI is InChI=1S/C10H14N2O5S/c13-6-1-7(10(16)17)12(2-6)8(14)3-11-5-18-4-9(11)15/h6-7,13H,1-5H2,(H,16,17)/t6?,7-/m0/s1. The van der Waals surface area contributed by atoms with Crippen molar-refractivity contribution < 1.29 is 24.6 Å². The zero-order valence-electron chi connectivity index (χ0n) is 9.61. The molecule has 2 atom stereocenters. The third-order valence-electron chi connectivity index (χ3n) is 3.04. The molecule has 2 aliphatic rings. The van der Waals surface area contributed by atoms with Crippen LogP contribution >= 0.6 is 11.8 Å². The summed E-state index contributed by atoms with van der Waals surface area (Å²) in [6.07, 6.45) is -0.761. The Morgan fingerprint density at radius 3 is 2.72 bits per heavy atom. The Morgan fingerprint density at radius 2 is 2.17 bits per heavy atom. The van der Waals surface area contributed by atoms with Crippen molar-refractivity contribution >= 4 is 29.5 Å². The first-order chi connectivity index (χ1) is 8.49. The van der Waals surface area contributed by atoms with E-state index in [4.69, 9.17) is 5.11 Å². The average Bonchev–Trinajstić information content (AvgIpc) is 2.86. The van der Waals surface area contributed by atoms with Gasteiger partial charge in [-0.1, -0.05) is 0 Å². The molecular formula is C10H14N2O5S. The first kappa shape index (κ1) is 13.2. The Labute approximate surface area is 108 Å². The van der Waals surface area contributed by atoms with E-state index in [9.17, 15) is 19.5 Å². The molecule has 0 aromatic rings. The maximum Gasteiger partial charge on any atom is 0.326 e. The summed E-state index contributed by atoms with van der Waals surface area (Å²) in [6.45, 7) is -0.0900. The van der Waals surface area contributed by atoms with E-state index in [1.54, 1.807) is 0 Å². The van der Waals surface area contributed by atoms with Gasteiger partial charge in [-0.05, 0) is 0 Å². The summed E-state index contributed by atoms with van der Waals surface area (Å²) in [7, 11) is 0. The number of carbonyl (C=O) groups is 3. The smallest absolute Gasteiger partial charge is 0.326 e. The largest absolute Gasteiger partial charge is 0.480 e. The number of aliphatic hydroxyl groups excluding tert-OH is 1. The number of likely N-dealkylation sites (tertiary alicyclic amines) is 1. The Morgan fingerprint density at radius 1 is 1.44 bits per heavy atom. The van der Waals surface area contributed by atoms with Crippen molar-refractivity contribution in [1.29, 1.82) is 0 Å². The van der Waals surface area contributed by atoms with Crippen LogP contribution in [0.1, 0.15) is 6.42 Å². The molecule has 100 valence electrons. The van der Waals surface area contributed by atoms with Crippen molar-refractivity contribution in [2.75, 3.05) is 24.7 Å². The maximum absolute atomic E-state index is 12.0. The summed E-state index contributed by atoms with van der Waals surface area (Å²) >= 11 is 1.42. The zero-order chi connectivity index (χ0) is 13.3. The highest BCUT2D eigenvalue weighted by atomic mass is 32.2. The second kappa shape index (κ2) is 5.15. The number of rotatable bonds is 3. The predicted molar refractivity (Wildman–Crippen MR) is 62.8 cm³/mol. The minimum Gasteiger partial charge on any atom is -0.480 e. The minimum absolute atomic E-state index is 0.0188. The van der Waals surface area contributed by atoms with Crippen LogP contribution in [0, 0.1) is 0 Å². The highest BCUT2D eigenvalue weighted by Gasteiger charge is 2.39. The summed E-state index contributed by atoms with van der Waals surface area (Å²) in [6, 6.07) is -0.988. The lowest BCUT2D eigenvalue weighted by molar-refractivity contribution is -0.149. The molecule has 18 heavy (non-hydrogen) atoms. The van der Waals surface area contributed by atoms with Crippen LogP contribution in [0.4, 0.5) is 0 Å². The zero-order valence-corrected chi connectivity index (χ0v) is 10.4.